The molecule has 2 N–H and O–H groups in total. The van der Waals surface area contributed by atoms with Crippen LogP contribution in [0.1, 0.15) is 18.4 Å². The molecule has 2 aromatic heterocycles. The monoisotopic (exact) mass is 267 g/mol. The summed E-state index contributed by atoms with van der Waals surface area (Å²) >= 11 is 0. The number of nitrogens with two attached hydrogens (primary N) is 1. The predicted molar refractivity (Wildman–Crippen MR) is 72.4 cm³/mol. The summed E-state index contributed by atoms with van der Waals surface area (Å²) in [6.07, 6.45) is 4.73. The number of nitrogens with zero attached hydrogens (tertiary/aromatic N) is 4. The van der Waals surface area contributed by atoms with E-state index in [1.54, 1.807) is 18.6 Å². The third-order valence-electron chi connectivity index (χ3n) is 3.04. The lowest BCUT2D eigenvalue weighted by molar-refractivity contribution is 0.325. The molecule has 0 bridgehead atoms. The van der Waals surface area contributed by atoms with Gasteiger partial charge in [0.2, 0.25) is 5.82 Å². The molecule has 3 aromatic rings. The molecule has 0 aliphatic carbocycles. The highest BCUT2D eigenvalue weighted by molar-refractivity contribution is 5.46. The maximum Gasteiger partial charge on any atom is 0.251 e. The van der Waals surface area contributed by atoms with Gasteiger partial charge in [-0.3, -0.25) is 4.98 Å². The molecule has 1 aromatic carbocycles. The SMILES string of the molecule is CC(N)(c1ccccc1)c1nc(-c2cnccn2)no1. The van der Waals surface area contributed by atoms with E-state index in [4.69, 9.17) is 10.3 Å². The Morgan fingerprint density at radius 1 is 1.15 bits per heavy atom. The quantitative estimate of drug-likeness (QED) is 0.777. The van der Waals surface area contributed by atoms with E-state index in [1.807, 2.05) is 37.3 Å². The fraction of sp³-hybridized carbons (Fsp3) is 0.143. The van der Waals surface area contributed by atoms with Crippen molar-refractivity contribution in [1.82, 2.24) is 20.1 Å². The summed E-state index contributed by atoms with van der Waals surface area (Å²) in [5.74, 6) is 0.713. The van der Waals surface area contributed by atoms with Gasteiger partial charge in [0.25, 0.3) is 5.89 Å². The molecule has 1 unspecified atom stereocenters. The summed E-state index contributed by atoms with van der Waals surface area (Å²) in [4.78, 5) is 12.4. The number of hydrogen-bond acceptors (Lipinski definition) is 6. The summed E-state index contributed by atoms with van der Waals surface area (Å²) in [6, 6.07) is 9.61. The van der Waals surface area contributed by atoms with Crippen LogP contribution in [0.5, 0.6) is 0 Å². The Balaban J connectivity index is 1.98. The Bertz CT molecular complexity index is 694. The minimum atomic E-state index is -0.852. The fourth-order valence-corrected chi connectivity index (χ4v) is 1.86. The zero-order valence-electron chi connectivity index (χ0n) is 10.9. The number of benzene rings is 1. The lowest BCUT2D eigenvalue weighted by Gasteiger charge is -2.19. The molecule has 0 aliphatic rings. The first kappa shape index (κ1) is 12.4. The molecule has 0 saturated carbocycles. The van der Waals surface area contributed by atoms with Crippen molar-refractivity contribution in [3.05, 3.63) is 60.4 Å². The first-order chi connectivity index (χ1) is 9.68. The minimum absolute atomic E-state index is 0.337. The zero-order valence-corrected chi connectivity index (χ0v) is 10.9. The van der Waals surface area contributed by atoms with Gasteiger partial charge in [0.1, 0.15) is 11.2 Å². The van der Waals surface area contributed by atoms with E-state index in [1.165, 1.54) is 0 Å². The molecule has 0 amide bonds. The Morgan fingerprint density at radius 3 is 2.65 bits per heavy atom. The van der Waals surface area contributed by atoms with Gasteiger partial charge in [-0.15, -0.1) is 0 Å². The van der Waals surface area contributed by atoms with Crippen LogP contribution < -0.4 is 5.73 Å². The predicted octanol–water partition coefficient (Wildman–Crippen LogP) is 1.75. The van der Waals surface area contributed by atoms with Gasteiger partial charge >= 0.3 is 0 Å². The Kier molecular flexibility index (Phi) is 3.00. The van der Waals surface area contributed by atoms with Crippen molar-refractivity contribution in [3.63, 3.8) is 0 Å². The van der Waals surface area contributed by atoms with Gasteiger partial charge in [-0.1, -0.05) is 35.5 Å². The molecule has 1 atom stereocenters. The summed E-state index contributed by atoms with van der Waals surface area (Å²) in [5.41, 5.74) is 6.91. The first-order valence-corrected chi connectivity index (χ1v) is 6.13. The highest BCUT2D eigenvalue weighted by Gasteiger charge is 2.30. The van der Waals surface area contributed by atoms with E-state index in [0.29, 0.717) is 17.4 Å². The van der Waals surface area contributed by atoms with Crippen molar-refractivity contribution >= 4 is 0 Å². The summed E-state index contributed by atoms with van der Waals surface area (Å²) < 4.78 is 5.28. The summed E-state index contributed by atoms with van der Waals surface area (Å²) in [6.45, 7) is 1.83. The van der Waals surface area contributed by atoms with Crippen LogP contribution in [0.25, 0.3) is 11.5 Å². The van der Waals surface area contributed by atoms with Crippen molar-refractivity contribution in [2.45, 2.75) is 12.5 Å². The van der Waals surface area contributed by atoms with Gasteiger partial charge in [-0.05, 0) is 12.5 Å². The second kappa shape index (κ2) is 4.82. The minimum Gasteiger partial charge on any atom is -0.336 e. The molecule has 0 aliphatic heterocycles. The third-order valence-corrected chi connectivity index (χ3v) is 3.04. The number of hydrogen-bond donors (Lipinski definition) is 1. The van der Waals surface area contributed by atoms with E-state index in [-0.39, 0.29) is 0 Å². The first-order valence-electron chi connectivity index (χ1n) is 6.13. The van der Waals surface area contributed by atoms with Crippen LogP contribution in [0.4, 0.5) is 0 Å². The summed E-state index contributed by atoms with van der Waals surface area (Å²) in [7, 11) is 0. The average molecular weight is 267 g/mol. The normalized spacial score (nSPS) is 13.9. The molecule has 2 heterocycles. The van der Waals surface area contributed by atoms with E-state index >= 15 is 0 Å². The van der Waals surface area contributed by atoms with Gasteiger partial charge in [0, 0.05) is 12.4 Å². The van der Waals surface area contributed by atoms with Crippen molar-refractivity contribution in [2.24, 2.45) is 5.73 Å². The molecular weight excluding hydrogens is 254 g/mol. The molecule has 0 radical (unpaired) electrons. The molecule has 6 nitrogen and oxygen atoms in total. The third kappa shape index (κ3) is 2.17. The van der Waals surface area contributed by atoms with Crippen LogP contribution in [0, 0.1) is 0 Å². The van der Waals surface area contributed by atoms with Crippen LogP contribution >= 0.6 is 0 Å². The van der Waals surface area contributed by atoms with E-state index in [2.05, 4.69) is 20.1 Å². The average Bonchev–Trinajstić information content (AvgIpc) is 3.00. The molecule has 0 fully saturated rings. The van der Waals surface area contributed by atoms with E-state index in [0.717, 1.165) is 5.56 Å². The Labute approximate surface area is 115 Å². The maximum atomic E-state index is 6.32. The molecule has 0 spiro atoms. The lowest BCUT2D eigenvalue weighted by Crippen LogP contribution is -2.34. The van der Waals surface area contributed by atoms with Gasteiger partial charge in [-0.2, -0.15) is 4.98 Å². The highest BCUT2D eigenvalue weighted by Crippen LogP contribution is 2.26. The van der Waals surface area contributed by atoms with Crippen LogP contribution in [0.3, 0.4) is 0 Å². The van der Waals surface area contributed by atoms with Gasteiger partial charge in [0.05, 0.1) is 6.20 Å². The van der Waals surface area contributed by atoms with Crippen LogP contribution in [0.2, 0.25) is 0 Å². The zero-order chi connectivity index (χ0) is 14.0. The van der Waals surface area contributed by atoms with Crippen LogP contribution in [-0.2, 0) is 5.54 Å². The lowest BCUT2D eigenvalue weighted by atomic mass is 9.93. The topological polar surface area (TPSA) is 90.7 Å². The fourth-order valence-electron chi connectivity index (χ4n) is 1.86. The van der Waals surface area contributed by atoms with E-state index < -0.39 is 5.54 Å². The van der Waals surface area contributed by atoms with Crippen molar-refractivity contribution < 1.29 is 4.52 Å². The highest BCUT2D eigenvalue weighted by atomic mass is 16.5. The number of rotatable bonds is 3. The second-order valence-corrected chi connectivity index (χ2v) is 4.58. The van der Waals surface area contributed by atoms with Gasteiger partial charge in [0.15, 0.2) is 0 Å². The van der Waals surface area contributed by atoms with Crippen molar-refractivity contribution in [1.29, 1.82) is 0 Å². The summed E-state index contributed by atoms with van der Waals surface area (Å²) in [5, 5.41) is 3.91. The molecule has 0 saturated heterocycles. The smallest absolute Gasteiger partial charge is 0.251 e. The van der Waals surface area contributed by atoms with Crippen molar-refractivity contribution in [2.75, 3.05) is 0 Å². The molecule has 3 rings (SSSR count). The van der Waals surface area contributed by atoms with Crippen molar-refractivity contribution in [3.8, 4) is 11.5 Å². The second-order valence-electron chi connectivity index (χ2n) is 4.58. The molecule has 20 heavy (non-hydrogen) atoms. The maximum absolute atomic E-state index is 6.32. The molecule has 6 heteroatoms. The molecular formula is C14H13N5O. The standard InChI is InChI=1S/C14H13N5O/c1-14(15,10-5-3-2-4-6-10)13-18-12(19-20-13)11-9-16-7-8-17-11/h2-9H,15H2,1H3. The molecule has 100 valence electrons. The van der Waals surface area contributed by atoms with Gasteiger partial charge < -0.3 is 10.3 Å². The Morgan fingerprint density at radius 2 is 1.95 bits per heavy atom. The largest absolute Gasteiger partial charge is 0.336 e. The van der Waals surface area contributed by atoms with E-state index in [9.17, 15) is 0 Å². The van der Waals surface area contributed by atoms with Gasteiger partial charge in [-0.25, -0.2) is 4.98 Å². The number of aromatic nitrogens is 4. The Hall–Kier alpha value is -2.60. The van der Waals surface area contributed by atoms with Crippen LogP contribution in [-0.4, -0.2) is 20.1 Å². The van der Waals surface area contributed by atoms with Crippen LogP contribution in [0.15, 0.2) is 53.4 Å².